The largest absolute Gasteiger partial charge is 0.428 e. The van der Waals surface area contributed by atoms with Crippen molar-refractivity contribution < 1.29 is 4.43 Å². The quantitative estimate of drug-likeness (QED) is 0.534. The lowest BCUT2D eigenvalue weighted by Crippen LogP contribution is -2.10. The fourth-order valence-corrected chi connectivity index (χ4v) is 2.98. The zero-order valence-electron chi connectivity index (χ0n) is 12.3. The van der Waals surface area contributed by atoms with Gasteiger partial charge in [-0.2, -0.15) is 0 Å². The Hall–Kier alpha value is -1.38. The third kappa shape index (κ3) is 5.31. The van der Waals surface area contributed by atoms with E-state index >= 15 is 0 Å². The Morgan fingerprint density at radius 3 is 1.75 bits per heavy atom. The van der Waals surface area contributed by atoms with Crippen molar-refractivity contribution in [2.24, 2.45) is 5.92 Å². The van der Waals surface area contributed by atoms with Crippen LogP contribution in [0.4, 0.5) is 0 Å². The van der Waals surface area contributed by atoms with Gasteiger partial charge in [0.25, 0.3) is 0 Å². The van der Waals surface area contributed by atoms with Crippen LogP contribution in [0.2, 0.25) is 0 Å². The summed E-state index contributed by atoms with van der Waals surface area (Å²) in [5.41, 5.74) is 2.89. The monoisotopic (exact) mass is 284 g/mol. The number of rotatable bonds is 8. The molecule has 0 spiro atoms. The first-order chi connectivity index (χ1) is 9.88. The molecule has 1 nitrogen and oxygen atoms in total. The summed E-state index contributed by atoms with van der Waals surface area (Å²) in [6.45, 7) is 0.923. The predicted octanol–water partition coefficient (Wildman–Crippen LogP) is 3.17. The second-order valence-corrected chi connectivity index (χ2v) is 5.96. The van der Waals surface area contributed by atoms with Crippen LogP contribution in [-0.2, 0) is 17.3 Å². The zero-order valence-corrected chi connectivity index (χ0v) is 14.3. The van der Waals surface area contributed by atoms with Crippen LogP contribution in [0.1, 0.15) is 24.0 Å². The molecule has 2 heteroatoms. The highest BCUT2D eigenvalue weighted by molar-refractivity contribution is 5.97. The molecule has 106 valence electrons. The lowest BCUT2D eigenvalue weighted by Gasteiger charge is -2.17. The van der Waals surface area contributed by atoms with E-state index in [1.165, 1.54) is 24.0 Å². The molecule has 0 atom stereocenters. The molecule has 0 unspecified atom stereocenters. The van der Waals surface area contributed by atoms with Gasteiger partial charge in [-0.15, -0.1) is 0 Å². The van der Waals surface area contributed by atoms with Crippen molar-refractivity contribution in [3.05, 3.63) is 71.8 Å². The summed E-state index contributed by atoms with van der Waals surface area (Å²) in [6, 6.07) is 21.7. The van der Waals surface area contributed by atoms with Crippen molar-refractivity contribution in [3.63, 3.8) is 0 Å². The topological polar surface area (TPSA) is 9.23 Å². The van der Waals surface area contributed by atoms with Gasteiger partial charge in [0, 0.05) is 6.61 Å². The average molecular weight is 284 g/mol. The number of hydrogen-bond acceptors (Lipinski definition) is 1. The van der Waals surface area contributed by atoms with Crippen molar-refractivity contribution in [2.45, 2.75) is 25.7 Å². The van der Waals surface area contributed by atoms with Gasteiger partial charge in [0.05, 0.1) is 0 Å². The Kier molecular flexibility index (Phi) is 6.55. The minimum atomic E-state index is 0.705. The summed E-state index contributed by atoms with van der Waals surface area (Å²) in [4.78, 5) is 0. The molecule has 0 heterocycles. The molecule has 2 aromatic rings. The molecule has 0 fully saturated rings. The molecule has 0 amide bonds. The fourth-order valence-electron chi connectivity index (χ4n) is 2.69. The van der Waals surface area contributed by atoms with Crippen molar-refractivity contribution >= 4 is 10.5 Å². The molecule has 0 saturated heterocycles. The van der Waals surface area contributed by atoms with Crippen molar-refractivity contribution in [1.29, 1.82) is 0 Å². The molecule has 0 radical (unpaired) electrons. The number of hydrogen-bond donors (Lipinski definition) is 0. The second kappa shape index (κ2) is 8.72. The number of benzene rings is 2. The Labute approximate surface area is 125 Å². The lowest BCUT2D eigenvalue weighted by molar-refractivity contribution is 0.314. The molecule has 2 rings (SSSR count). The van der Waals surface area contributed by atoms with Gasteiger partial charge in [0.15, 0.2) is 0 Å². The van der Waals surface area contributed by atoms with Crippen molar-refractivity contribution in [3.8, 4) is 0 Å². The van der Waals surface area contributed by atoms with Gasteiger partial charge in [-0.1, -0.05) is 60.7 Å². The Morgan fingerprint density at radius 2 is 1.30 bits per heavy atom. The van der Waals surface area contributed by atoms with E-state index < -0.39 is 0 Å². The normalized spacial score (nSPS) is 11.1. The van der Waals surface area contributed by atoms with E-state index in [0.29, 0.717) is 5.92 Å². The first-order valence-corrected chi connectivity index (χ1v) is 8.27. The second-order valence-electron chi connectivity index (χ2n) is 5.38. The molecule has 0 aromatic heterocycles. The average Bonchev–Trinajstić information content (AvgIpc) is 2.49. The summed E-state index contributed by atoms with van der Waals surface area (Å²) < 4.78 is 5.33. The van der Waals surface area contributed by atoms with E-state index in [-0.39, 0.29) is 0 Å². The van der Waals surface area contributed by atoms with Gasteiger partial charge < -0.3 is 4.43 Å². The molecule has 20 heavy (non-hydrogen) atoms. The van der Waals surface area contributed by atoms with Gasteiger partial charge in [0.2, 0.25) is 0 Å². The van der Waals surface area contributed by atoms with Crippen molar-refractivity contribution in [1.82, 2.24) is 0 Å². The summed E-state index contributed by atoms with van der Waals surface area (Å²) in [7, 11) is 0.854. The highest BCUT2D eigenvalue weighted by Crippen LogP contribution is 2.19. The van der Waals surface area contributed by atoms with Gasteiger partial charge in [-0.3, -0.25) is 0 Å². The van der Waals surface area contributed by atoms with E-state index in [4.69, 9.17) is 4.43 Å². The highest BCUT2D eigenvalue weighted by atomic mass is 28.2. The smallest absolute Gasteiger partial charge is 0.145 e. The van der Waals surface area contributed by atoms with Crippen LogP contribution in [-0.4, -0.2) is 17.1 Å². The van der Waals surface area contributed by atoms with Crippen molar-refractivity contribution in [2.75, 3.05) is 6.61 Å². The van der Waals surface area contributed by atoms with E-state index in [2.05, 4.69) is 60.7 Å². The first-order valence-electron chi connectivity index (χ1n) is 7.45. The lowest BCUT2D eigenvalue weighted by atomic mass is 9.89. The minimum Gasteiger partial charge on any atom is -0.428 e. The zero-order chi connectivity index (χ0) is 14.0. The third-order valence-electron chi connectivity index (χ3n) is 3.70. The standard InChI is InChI=1S/C18H24OSi/c20-19-13-7-12-18(14-16-8-3-1-4-9-16)15-17-10-5-2-6-11-17/h1-6,8-11,18H,7,12-15H2,20H3. The first kappa shape index (κ1) is 15.0. The molecule has 0 saturated carbocycles. The van der Waals surface area contributed by atoms with Crippen LogP contribution in [0.3, 0.4) is 0 Å². The summed E-state index contributed by atoms with van der Waals surface area (Å²) in [5.74, 6) is 0.705. The van der Waals surface area contributed by atoms with E-state index in [1.54, 1.807) is 0 Å². The highest BCUT2D eigenvalue weighted by Gasteiger charge is 2.10. The molecule has 2 aromatic carbocycles. The van der Waals surface area contributed by atoms with Gasteiger partial charge in [0.1, 0.15) is 10.5 Å². The summed E-state index contributed by atoms with van der Waals surface area (Å²) in [5, 5.41) is 0. The van der Waals surface area contributed by atoms with Crippen LogP contribution in [0, 0.1) is 5.92 Å². The van der Waals surface area contributed by atoms with Crippen LogP contribution in [0.15, 0.2) is 60.7 Å². The van der Waals surface area contributed by atoms with E-state index in [1.807, 2.05) is 0 Å². The minimum absolute atomic E-state index is 0.705. The van der Waals surface area contributed by atoms with Gasteiger partial charge >= 0.3 is 0 Å². The van der Waals surface area contributed by atoms with Crippen LogP contribution in [0.5, 0.6) is 0 Å². The third-order valence-corrected chi connectivity index (χ3v) is 4.10. The molecular formula is C18H24OSi. The van der Waals surface area contributed by atoms with E-state index in [9.17, 15) is 0 Å². The molecule has 0 N–H and O–H groups in total. The SMILES string of the molecule is [SiH3]OCCCC(Cc1ccccc1)Cc1ccccc1. The van der Waals surface area contributed by atoms with Crippen LogP contribution in [0.25, 0.3) is 0 Å². The van der Waals surface area contributed by atoms with Gasteiger partial charge in [-0.25, -0.2) is 0 Å². The van der Waals surface area contributed by atoms with Gasteiger partial charge in [-0.05, 0) is 42.7 Å². The fraction of sp³-hybridized carbons (Fsp3) is 0.333. The Balaban J connectivity index is 1.96. The predicted molar refractivity (Wildman–Crippen MR) is 88.9 cm³/mol. The maximum Gasteiger partial charge on any atom is 0.145 e. The summed E-state index contributed by atoms with van der Waals surface area (Å²) >= 11 is 0. The maximum absolute atomic E-state index is 5.33. The van der Waals surface area contributed by atoms with Crippen LogP contribution < -0.4 is 0 Å². The molecular weight excluding hydrogens is 260 g/mol. The summed E-state index contributed by atoms with van der Waals surface area (Å²) in [6.07, 6.45) is 4.74. The molecule has 0 aliphatic heterocycles. The van der Waals surface area contributed by atoms with Crippen LogP contribution >= 0.6 is 0 Å². The molecule has 0 aliphatic carbocycles. The van der Waals surface area contributed by atoms with E-state index in [0.717, 1.165) is 29.9 Å². The molecule has 0 bridgehead atoms. The Morgan fingerprint density at radius 1 is 0.800 bits per heavy atom. The maximum atomic E-state index is 5.33. The Bertz CT molecular complexity index is 428. The molecule has 0 aliphatic rings.